The molecule has 5 nitrogen and oxygen atoms in total. The lowest BCUT2D eigenvalue weighted by Gasteiger charge is -2.12. The first-order chi connectivity index (χ1) is 12.0. The maximum absolute atomic E-state index is 11.4. The number of aromatic nitrogens is 3. The van der Waals surface area contributed by atoms with Gasteiger partial charge in [0.1, 0.15) is 5.82 Å². The second-order valence-electron chi connectivity index (χ2n) is 5.54. The minimum absolute atomic E-state index is 0.389. The lowest BCUT2D eigenvalue weighted by molar-refractivity contribution is -0.117. The summed E-state index contributed by atoms with van der Waals surface area (Å²) in [5, 5.41) is 9.47. The van der Waals surface area contributed by atoms with E-state index in [1.54, 1.807) is 6.92 Å². The largest absolute Gasteiger partial charge is 0.369 e. The van der Waals surface area contributed by atoms with Gasteiger partial charge in [-0.2, -0.15) is 0 Å². The smallest absolute Gasteiger partial charge is 0.230 e. The Morgan fingerprint density at radius 3 is 2.48 bits per heavy atom. The van der Waals surface area contributed by atoms with Crippen LogP contribution in [0.15, 0.2) is 59.8 Å². The van der Waals surface area contributed by atoms with Crippen LogP contribution < -0.4 is 5.73 Å². The Morgan fingerprint density at radius 2 is 1.84 bits per heavy atom. The lowest BCUT2D eigenvalue weighted by atomic mass is 10.1. The van der Waals surface area contributed by atoms with Crippen molar-refractivity contribution in [2.45, 2.75) is 23.8 Å². The number of rotatable bonds is 6. The van der Waals surface area contributed by atoms with Gasteiger partial charge >= 0.3 is 0 Å². The zero-order valence-electron chi connectivity index (χ0n) is 13.6. The average Bonchev–Trinajstić information content (AvgIpc) is 2.98. The summed E-state index contributed by atoms with van der Waals surface area (Å²) in [7, 11) is 0. The van der Waals surface area contributed by atoms with Crippen LogP contribution in [0.2, 0.25) is 5.02 Å². The molecular weight excluding hydrogens is 356 g/mol. The highest BCUT2D eigenvalue weighted by atomic mass is 35.5. The molecule has 0 aliphatic heterocycles. The molecule has 1 aromatic heterocycles. The van der Waals surface area contributed by atoms with Crippen LogP contribution in [-0.4, -0.2) is 25.9 Å². The number of nitrogens with two attached hydrogens (primary N) is 1. The van der Waals surface area contributed by atoms with Crippen molar-refractivity contribution in [2.75, 3.05) is 0 Å². The molecule has 0 saturated heterocycles. The topological polar surface area (TPSA) is 73.8 Å². The predicted molar refractivity (Wildman–Crippen MR) is 100 cm³/mol. The van der Waals surface area contributed by atoms with Gasteiger partial charge in [0.2, 0.25) is 5.91 Å². The van der Waals surface area contributed by atoms with Gasteiger partial charge in [-0.25, -0.2) is 0 Å². The van der Waals surface area contributed by atoms with E-state index in [9.17, 15) is 4.79 Å². The van der Waals surface area contributed by atoms with E-state index in [4.69, 9.17) is 17.3 Å². The number of hydrogen-bond donors (Lipinski definition) is 1. The summed E-state index contributed by atoms with van der Waals surface area (Å²) in [4.78, 5) is 11.4. The molecular formula is C18H17ClN4OS. The highest BCUT2D eigenvalue weighted by Gasteiger charge is 2.19. The Labute approximate surface area is 155 Å². The van der Waals surface area contributed by atoms with E-state index < -0.39 is 5.25 Å². The van der Waals surface area contributed by atoms with Gasteiger partial charge in [0, 0.05) is 17.1 Å². The van der Waals surface area contributed by atoms with Crippen LogP contribution in [-0.2, 0) is 11.2 Å². The third kappa shape index (κ3) is 4.21. The highest BCUT2D eigenvalue weighted by Crippen LogP contribution is 2.27. The first-order valence-electron chi connectivity index (χ1n) is 7.74. The zero-order valence-corrected chi connectivity index (χ0v) is 15.2. The van der Waals surface area contributed by atoms with Crippen LogP contribution in [0.1, 0.15) is 18.3 Å². The Balaban J connectivity index is 2.01. The van der Waals surface area contributed by atoms with E-state index in [0.29, 0.717) is 16.6 Å². The molecule has 0 spiro atoms. The number of benzene rings is 2. The van der Waals surface area contributed by atoms with E-state index in [0.717, 1.165) is 17.1 Å². The van der Waals surface area contributed by atoms with Crippen LogP contribution in [0, 0.1) is 0 Å². The van der Waals surface area contributed by atoms with Crippen LogP contribution in [0.3, 0.4) is 0 Å². The molecule has 1 atom stereocenters. The van der Waals surface area contributed by atoms with E-state index >= 15 is 0 Å². The van der Waals surface area contributed by atoms with Gasteiger partial charge in [0.05, 0.1) is 5.25 Å². The summed E-state index contributed by atoms with van der Waals surface area (Å²) < 4.78 is 1.94. The Morgan fingerprint density at radius 1 is 1.16 bits per heavy atom. The molecule has 1 amide bonds. The fourth-order valence-electron chi connectivity index (χ4n) is 2.34. The molecule has 2 N–H and O–H groups in total. The summed E-state index contributed by atoms with van der Waals surface area (Å²) in [6.45, 7) is 1.75. The van der Waals surface area contributed by atoms with Crippen LogP contribution >= 0.6 is 23.4 Å². The number of primary amides is 1. The number of nitrogens with zero attached hydrogens (tertiary/aromatic N) is 3. The molecule has 1 heterocycles. The molecule has 128 valence electrons. The number of carbonyl (C=O) groups is 1. The van der Waals surface area contributed by atoms with Gasteiger partial charge in [-0.15, -0.1) is 10.2 Å². The third-order valence-electron chi connectivity index (χ3n) is 3.67. The number of hydrogen-bond acceptors (Lipinski definition) is 4. The minimum atomic E-state index is -0.403. The standard InChI is InChI=1S/C18H17ClN4OS/c1-12(17(20)24)25-18-22-21-16(11-13-5-3-2-4-6-13)23(18)15-9-7-14(19)8-10-15/h2-10,12H,11H2,1H3,(H2,20,24)/t12-/m0/s1. The van der Waals surface area contributed by atoms with Crippen LogP contribution in [0.5, 0.6) is 0 Å². The van der Waals surface area contributed by atoms with Gasteiger partial charge in [0.25, 0.3) is 0 Å². The summed E-state index contributed by atoms with van der Waals surface area (Å²) in [5.41, 5.74) is 7.41. The van der Waals surface area contributed by atoms with Crippen molar-refractivity contribution >= 4 is 29.3 Å². The Kier molecular flexibility index (Phi) is 5.40. The van der Waals surface area contributed by atoms with E-state index in [1.807, 2.05) is 59.2 Å². The SMILES string of the molecule is C[C@H](Sc1nnc(Cc2ccccc2)n1-c1ccc(Cl)cc1)C(N)=O. The normalized spacial score (nSPS) is 12.1. The van der Waals surface area contributed by atoms with Crippen molar-refractivity contribution in [3.8, 4) is 5.69 Å². The number of amides is 1. The van der Waals surface area contributed by atoms with Crippen molar-refractivity contribution in [3.05, 3.63) is 71.0 Å². The fraction of sp³-hybridized carbons (Fsp3) is 0.167. The van der Waals surface area contributed by atoms with Gasteiger partial charge in [0.15, 0.2) is 5.16 Å². The first kappa shape index (κ1) is 17.5. The molecule has 3 rings (SSSR count). The second-order valence-corrected chi connectivity index (χ2v) is 7.28. The second kappa shape index (κ2) is 7.72. The summed E-state index contributed by atoms with van der Waals surface area (Å²) in [5.74, 6) is 0.396. The quantitative estimate of drug-likeness (QED) is 0.672. The molecule has 3 aromatic rings. The van der Waals surface area contributed by atoms with Crippen molar-refractivity contribution in [1.82, 2.24) is 14.8 Å². The van der Waals surface area contributed by atoms with E-state index in [2.05, 4.69) is 10.2 Å². The van der Waals surface area contributed by atoms with Crippen molar-refractivity contribution in [2.24, 2.45) is 5.73 Å². The van der Waals surface area contributed by atoms with Crippen LogP contribution in [0.4, 0.5) is 0 Å². The number of halogens is 1. The summed E-state index contributed by atoms with van der Waals surface area (Å²) in [6, 6.07) is 17.5. The highest BCUT2D eigenvalue weighted by molar-refractivity contribution is 8.00. The van der Waals surface area contributed by atoms with Crippen molar-refractivity contribution in [3.63, 3.8) is 0 Å². The maximum Gasteiger partial charge on any atom is 0.230 e. The maximum atomic E-state index is 11.4. The Bertz CT molecular complexity index is 865. The molecule has 7 heteroatoms. The average molecular weight is 373 g/mol. The van der Waals surface area contributed by atoms with Crippen molar-refractivity contribution < 1.29 is 4.79 Å². The van der Waals surface area contributed by atoms with Crippen LogP contribution in [0.25, 0.3) is 5.69 Å². The van der Waals surface area contributed by atoms with E-state index in [-0.39, 0.29) is 5.91 Å². The fourth-order valence-corrected chi connectivity index (χ4v) is 3.30. The van der Waals surface area contributed by atoms with Gasteiger partial charge in [-0.3, -0.25) is 9.36 Å². The molecule has 2 aromatic carbocycles. The number of thioether (sulfide) groups is 1. The molecule has 25 heavy (non-hydrogen) atoms. The van der Waals surface area contributed by atoms with E-state index in [1.165, 1.54) is 11.8 Å². The third-order valence-corrected chi connectivity index (χ3v) is 4.99. The monoisotopic (exact) mass is 372 g/mol. The van der Waals surface area contributed by atoms with Gasteiger partial charge in [-0.1, -0.05) is 53.7 Å². The zero-order chi connectivity index (χ0) is 17.8. The van der Waals surface area contributed by atoms with Crippen molar-refractivity contribution in [1.29, 1.82) is 0 Å². The predicted octanol–water partition coefficient (Wildman–Crippen LogP) is 3.48. The van der Waals surface area contributed by atoms with Gasteiger partial charge < -0.3 is 5.73 Å². The summed E-state index contributed by atoms with van der Waals surface area (Å²) in [6.07, 6.45) is 0.627. The molecule has 0 bridgehead atoms. The molecule has 0 radical (unpaired) electrons. The van der Waals surface area contributed by atoms with Gasteiger partial charge in [-0.05, 0) is 36.8 Å². The number of carbonyl (C=O) groups excluding carboxylic acids is 1. The lowest BCUT2D eigenvalue weighted by Crippen LogP contribution is -2.23. The Hall–Kier alpha value is -2.31. The molecule has 0 unspecified atom stereocenters. The molecule has 0 aliphatic carbocycles. The molecule has 0 aliphatic rings. The summed E-state index contributed by atoms with van der Waals surface area (Å²) >= 11 is 7.29. The molecule has 0 fully saturated rings. The molecule has 0 saturated carbocycles. The minimum Gasteiger partial charge on any atom is -0.369 e. The first-order valence-corrected chi connectivity index (χ1v) is 9.00.